The van der Waals surface area contributed by atoms with Crippen LogP contribution in [0.25, 0.3) is 0 Å². The third-order valence-corrected chi connectivity index (χ3v) is 8.41. The standard InChI is InChI=1S/C36H73/c1-4-7-10-13-15-16-17-18-19-20-21-22-23-24-26-29-32-35-36(33-30-27-12-9-6-3)34-31-28-25-14-11-8-5-2/h34,36H,4-33,35H2,1-3H3. The highest BCUT2D eigenvalue weighted by molar-refractivity contribution is 4.76. The lowest BCUT2D eigenvalue weighted by Crippen LogP contribution is -2.02. The van der Waals surface area contributed by atoms with Gasteiger partial charge in [-0.25, -0.2) is 0 Å². The van der Waals surface area contributed by atoms with E-state index in [-0.39, 0.29) is 0 Å². The van der Waals surface area contributed by atoms with Crippen molar-refractivity contribution in [2.75, 3.05) is 0 Å². The first-order valence-electron chi connectivity index (χ1n) is 17.7. The summed E-state index contributed by atoms with van der Waals surface area (Å²) in [4.78, 5) is 0. The van der Waals surface area contributed by atoms with Crippen LogP contribution in [0.15, 0.2) is 0 Å². The summed E-state index contributed by atoms with van der Waals surface area (Å²) in [6, 6.07) is 0. The number of hydrogen-bond acceptors (Lipinski definition) is 0. The van der Waals surface area contributed by atoms with Crippen LogP contribution in [0.5, 0.6) is 0 Å². The Morgan fingerprint density at radius 2 is 0.556 bits per heavy atom. The van der Waals surface area contributed by atoms with Crippen molar-refractivity contribution in [3.63, 3.8) is 0 Å². The van der Waals surface area contributed by atoms with Crippen LogP contribution < -0.4 is 0 Å². The molecule has 1 radical (unpaired) electrons. The normalized spacial score (nSPS) is 12.4. The average Bonchev–Trinajstić information content (AvgIpc) is 2.89. The van der Waals surface area contributed by atoms with E-state index in [2.05, 4.69) is 27.2 Å². The topological polar surface area (TPSA) is 0 Å². The number of unbranched alkanes of at least 4 members (excludes halogenated alkanes) is 26. The third-order valence-electron chi connectivity index (χ3n) is 8.41. The first-order valence-corrected chi connectivity index (χ1v) is 17.7. The molecule has 0 aromatic heterocycles. The second-order valence-corrected chi connectivity index (χ2v) is 12.2. The molecule has 0 aromatic carbocycles. The molecule has 0 aliphatic carbocycles. The average molecular weight is 506 g/mol. The van der Waals surface area contributed by atoms with Crippen molar-refractivity contribution in [2.45, 2.75) is 220 Å². The molecule has 0 aliphatic rings. The Bertz CT molecular complexity index is 359. The van der Waals surface area contributed by atoms with E-state index in [9.17, 15) is 0 Å². The quantitative estimate of drug-likeness (QED) is 0.0797. The highest BCUT2D eigenvalue weighted by Gasteiger charge is 2.09. The van der Waals surface area contributed by atoms with Crippen LogP contribution in [0.4, 0.5) is 0 Å². The lowest BCUT2D eigenvalue weighted by Gasteiger charge is -2.17. The summed E-state index contributed by atoms with van der Waals surface area (Å²) in [7, 11) is 0. The molecule has 0 aliphatic heterocycles. The molecule has 0 N–H and O–H groups in total. The molecule has 0 saturated carbocycles. The molecule has 0 rings (SSSR count). The monoisotopic (exact) mass is 506 g/mol. The zero-order valence-corrected chi connectivity index (χ0v) is 26.1. The molecule has 0 fully saturated rings. The van der Waals surface area contributed by atoms with Gasteiger partial charge in [-0.2, -0.15) is 0 Å². The zero-order valence-electron chi connectivity index (χ0n) is 26.1. The lowest BCUT2D eigenvalue weighted by molar-refractivity contribution is 0.430. The van der Waals surface area contributed by atoms with E-state index in [1.807, 2.05) is 0 Å². The van der Waals surface area contributed by atoms with Crippen molar-refractivity contribution in [1.29, 1.82) is 0 Å². The van der Waals surface area contributed by atoms with Gasteiger partial charge in [-0.05, 0) is 18.8 Å². The molecule has 0 spiro atoms. The van der Waals surface area contributed by atoms with Crippen molar-refractivity contribution < 1.29 is 0 Å². The van der Waals surface area contributed by atoms with Gasteiger partial charge in [0.2, 0.25) is 0 Å². The third kappa shape index (κ3) is 30.2. The molecule has 0 bridgehead atoms. The molecule has 36 heavy (non-hydrogen) atoms. The summed E-state index contributed by atoms with van der Waals surface area (Å²) in [5, 5.41) is 0. The summed E-state index contributed by atoms with van der Waals surface area (Å²) in [6.45, 7) is 6.96. The molecule has 0 heterocycles. The Morgan fingerprint density at radius 1 is 0.306 bits per heavy atom. The van der Waals surface area contributed by atoms with Crippen LogP contribution in [0.2, 0.25) is 0 Å². The molecule has 1 atom stereocenters. The predicted octanol–water partition coefficient (Wildman–Crippen LogP) is 14.0. The summed E-state index contributed by atoms with van der Waals surface area (Å²) < 4.78 is 0. The zero-order chi connectivity index (χ0) is 26.2. The van der Waals surface area contributed by atoms with E-state index >= 15 is 0 Å². The van der Waals surface area contributed by atoms with E-state index in [4.69, 9.17) is 0 Å². The van der Waals surface area contributed by atoms with Crippen LogP contribution in [-0.2, 0) is 0 Å². The van der Waals surface area contributed by atoms with E-state index < -0.39 is 0 Å². The van der Waals surface area contributed by atoms with E-state index in [0.29, 0.717) is 0 Å². The highest BCUT2D eigenvalue weighted by Crippen LogP contribution is 2.24. The Balaban J connectivity index is 3.59. The minimum atomic E-state index is 0.915. The fourth-order valence-corrected chi connectivity index (χ4v) is 5.80. The first-order chi connectivity index (χ1) is 17.8. The SMILES string of the molecule is CCCCCCCC[CH]C(CCCCCCC)CCCCCCCCCCCCCCCCCCC. The van der Waals surface area contributed by atoms with Crippen molar-refractivity contribution in [1.82, 2.24) is 0 Å². The summed E-state index contributed by atoms with van der Waals surface area (Å²) in [5.74, 6) is 0.915. The second kappa shape index (κ2) is 33.0. The van der Waals surface area contributed by atoms with Crippen molar-refractivity contribution in [3.8, 4) is 0 Å². The van der Waals surface area contributed by atoms with Crippen molar-refractivity contribution in [2.24, 2.45) is 5.92 Å². The molecule has 217 valence electrons. The van der Waals surface area contributed by atoms with Gasteiger partial charge in [0.15, 0.2) is 0 Å². The van der Waals surface area contributed by atoms with E-state index in [0.717, 1.165) is 5.92 Å². The maximum Gasteiger partial charge on any atom is -0.0355 e. The van der Waals surface area contributed by atoms with Crippen LogP contribution in [0, 0.1) is 12.3 Å². The minimum Gasteiger partial charge on any atom is -0.0654 e. The van der Waals surface area contributed by atoms with E-state index in [1.165, 1.54) is 199 Å². The van der Waals surface area contributed by atoms with Gasteiger partial charge >= 0.3 is 0 Å². The van der Waals surface area contributed by atoms with Crippen LogP contribution >= 0.6 is 0 Å². The number of rotatable bonds is 32. The molecular weight excluding hydrogens is 432 g/mol. The molecule has 0 heteroatoms. The lowest BCUT2D eigenvalue weighted by atomic mass is 9.89. The summed E-state index contributed by atoms with van der Waals surface area (Å²) in [6.07, 6.45) is 48.0. The molecule has 0 aromatic rings. The van der Waals surface area contributed by atoms with Crippen LogP contribution in [0.3, 0.4) is 0 Å². The smallest absolute Gasteiger partial charge is 0.0355 e. The van der Waals surface area contributed by atoms with Crippen molar-refractivity contribution in [3.05, 3.63) is 6.42 Å². The summed E-state index contributed by atoms with van der Waals surface area (Å²) >= 11 is 0. The summed E-state index contributed by atoms with van der Waals surface area (Å²) in [5.41, 5.74) is 0. The Hall–Kier alpha value is 0. The van der Waals surface area contributed by atoms with Crippen LogP contribution in [-0.4, -0.2) is 0 Å². The maximum absolute atomic E-state index is 2.74. The van der Waals surface area contributed by atoms with Gasteiger partial charge in [0.05, 0.1) is 0 Å². The van der Waals surface area contributed by atoms with Gasteiger partial charge in [0, 0.05) is 0 Å². The molecular formula is C36H73. The number of hydrogen-bond donors (Lipinski definition) is 0. The fourth-order valence-electron chi connectivity index (χ4n) is 5.80. The Labute approximate surface area is 232 Å². The molecule has 1 unspecified atom stereocenters. The molecule has 0 nitrogen and oxygen atoms in total. The van der Waals surface area contributed by atoms with Crippen molar-refractivity contribution >= 4 is 0 Å². The Morgan fingerprint density at radius 3 is 0.861 bits per heavy atom. The Kier molecular flexibility index (Phi) is 33.0. The molecule has 0 amide bonds. The second-order valence-electron chi connectivity index (χ2n) is 12.2. The van der Waals surface area contributed by atoms with Gasteiger partial charge in [-0.15, -0.1) is 0 Å². The maximum atomic E-state index is 2.74. The van der Waals surface area contributed by atoms with Gasteiger partial charge in [-0.1, -0.05) is 213 Å². The predicted molar refractivity (Wildman–Crippen MR) is 168 cm³/mol. The van der Waals surface area contributed by atoms with Gasteiger partial charge in [0.25, 0.3) is 0 Å². The first kappa shape index (κ1) is 36.0. The highest BCUT2D eigenvalue weighted by atomic mass is 14.1. The minimum absolute atomic E-state index is 0.915. The fraction of sp³-hybridized carbons (Fsp3) is 0.972. The van der Waals surface area contributed by atoms with Gasteiger partial charge in [-0.3, -0.25) is 0 Å². The van der Waals surface area contributed by atoms with Gasteiger partial charge < -0.3 is 0 Å². The van der Waals surface area contributed by atoms with Gasteiger partial charge in [0.1, 0.15) is 0 Å². The molecule has 0 saturated heterocycles. The van der Waals surface area contributed by atoms with E-state index in [1.54, 1.807) is 0 Å². The van der Waals surface area contributed by atoms with Crippen LogP contribution in [0.1, 0.15) is 220 Å². The largest absolute Gasteiger partial charge is 0.0654 e.